The minimum Gasteiger partial charge on any atom is -0.478 e. The first kappa shape index (κ1) is 12.7. The molecule has 1 N–H and O–H groups in total. The molecular formula is C12H7Cl2NO3. The van der Waals surface area contributed by atoms with Crippen LogP contribution < -0.4 is 4.74 Å². The van der Waals surface area contributed by atoms with E-state index in [1.165, 1.54) is 36.7 Å². The van der Waals surface area contributed by atoms with Gasteiger partial charge in [0, 0.05) is 29.5 Å². The predicted molar refractivity (Wildman–Crippen MR) is 67.7 cm³/mol. The van der Waals surface area contributed by atoms with E-state index in [9.17, 15) is 4.79 Å². The van der Waals surface area contributed by atoms with Gasteiger partial charge in [0.15, 0.2) is 0 Å². The lowest BCUT2D eigenvalue weighted by atomic mass is 10.2. The highest BCUT2D eigenvalue weighted by molar-refractivity contribution is 6.32. The fourth-order valence-electron chi connectivity index (χ4n) is 1.32. The number of pyridine rings is 1. The monoisotopic (exact) mass is 283 g/mol. The van der Waals surface area contributed by atoms with E-state index < -0.39 is 5.97 Å². The topological polar surface area (TPSA) is 59.4 Å². The van der Waals surface area contributed by atoms with Gasteiger partial charge in [-0.3, -0.25) is 4.98 Å². The Morgan fingerprint density at radius 1 is 1.22 bits per heavy atom. The molecule has 0 radical (unpaired) electrons. The lowest BCUT2D eigenvalue weighted by molar-refractivity contribution is 0.0694. The number of hydrogen-bond acceptors (Lipinski definition) is 3. The largest absolute Gasteiger partial charge is 0.478 e. The van der Waals surface area contributed by atoms with E-state index in [0.29, 0.717) is 10.8 Å². The van der Waals surface area contributed by atoms with Gasteiger partial charge in [-0.2, -0.15) is 0 Å². The zero-order valence-corrected chi connectivity index (χ0v) is 10.4. The molecule has 0 aliphatic carbocycles. The third kappa shape index (κ3) is 2.72. The summed E-state index contributed by atoms with van der Waals surface area (Å²) in [6.07, 6.45) is 2.90. The molecule has 0 amide bonds. The highest BCUT2D eigenvalue weighted by Crippen LogP contribution is 2.32. The third-order valence-corrected chi connectivity index (χ3v) is 2.65. The molecule has 0 spiro atoms. The molecule has 1 aromatic carbocycles. The molecule has 2 aromatic rings. The smallest absolute Gasteiger partial charge is 0.339 e. The van der Waals surface area contributed by atoms with Crippen molar-refractivity contribution in [2.75, 3.05) is 0 Å². The Morgan fingerprint density at radius 3 is 2.67 bits per heavy atom. The minimum absolute atomic E-state index is 0.00674. The summed E-state index contributed by atoms with van der Waals surface area (Å²) in [7, 11) is 0. The number of carbonyl (C=O) groups is 1. The predicted octanol–water partition coefficient (Wildman–Crippen LogP) is 3.88. The lowest BCUT2D eigenvalue weighted by Gasteiger charge is -2.09. The van der Waals surface area contributed by atoms with E-state index in [1.807, 2.05) is 0 Å². The van der Waals surface area contributed by atoms with Crippen molar-refractivity contribution >= 4 is 29.2 Å². The number of carboxylic acids is 1. The number of rotatable bonds is 3. The van der Waals surface area contributed by atoms with Crippen LogP contribution in [0.5, 0.6) is 11.5 Å². The average Bonchev–Trinajstić information content (AvgIpc) is 2.32. The second kappa shape index (κ2) is 5.25. The van der Waals surface area contributed by atoms with Crippen molar-refractivity contribution in [2.45, 2.75) is 0 Å². The van der Waals surface area contributed by atoms with Gasteiger partial charge in [-0.1, -0.05) is 23.2 Å². The molecule has 0 saturated carbocycles. The Morgan fingerprint density at radius 2 is 2.00 bits per heavy atom. The van der Waals surface area contributed by atoms with Crippen LogP contribution in [0.2, 0.25) is 10.0 Å². The Bertz CT molecular complexity index is 602. The van der Waals surface area contributed by atoms with Crippen molar-refractivity contribution in [3.8, 4) is 11.5 Å². The van der Waals surface area contributed by atoms with E-state index in [-0.39, 0.29) is 16.3 Å². The number of nitrogens with zero attached hydrogens (tertiary/aromatic N) is 1. The van der Waals surface area contributed by atoms with E-state index >= 15 is 0 Å². The maximum atomic E-state index is 11.0. The molecule has 0 saturated heterocycles. The Kier molecular flexibility index (Phi) is 3.69. The van der Waals surface area contributed by atoms with Crippen LogP contribution in [0.4, 0.5) is 0 Å². The first-order valence-corrected chi connectivity index (χ1v) is 5.63. The molecule has 0 bridgehead atoms. The molecule has 0 fully saturated rings. The van der Waals surface area contributed by atoms with Gasteiger partial charge >= 0.3 is 5.97 Å². The summed E-state index contributed by atoms with van der Waals surface area (Å²) < 4.78 is 5.45. The quantitative estimate of drug-likeness (QED) is 0.929. The lowest BCUT2D eigenvalue weighted by Crippen LogP contribution is -2.00. The maximum absolute atomic E-state index is 11.0. The van der Waals surface area contributed by atoms with E-state index in [0.717, 1.165) is 0 Å². The summed E-state index contributed by atoms with van der Waals surface area (Å²) in [5, 5.41) is 9.70. The second-order valence-electron chi connectivity index (χ2n) is 3.35. The zero-order chi connectivity index (χ0) is 13.1. The number of carboxylic acid groups (broad SMARTS) is 1. The van der Waals surface area contributed by atoms with Crippen LogP contribution in [0.1, 0.15) is 10.4 Å². The fourth-order valence-corrected chi connectivity index (χ4v) is 1.64. The fraction of sp³-hybridized carbons (Fsp3) is 0. The normalized spacial score (nSPS) is 10.1. The molecular weight excluding hydrogens is 277 g/mol. The van der Waals surface area contributed by atoms with Gasteiger partial charge in [-0.15, -0.1) is 0 Å². The summed E-state index contributed by atoms with van der Waals surface area (Å²) in [5.41, 5.74) is 0.00674. The number of halogens is 2. The van der Waals surface area contributed by atoms with Crippen LogP contribution in [0, 0.1) is 0 Å². The maximum Gasteiger partial charge on any atom is 0.339 e. The van der Waals surface area contributed by atoms with Crippen molar-refractivity contribution in [1.29, 1.82) is 0 Å². The number of ether oxygens (including phenoxy) is 1. The highest BCUT2D eigenvalue weighted by Gasteiger charge is 2.13. The van der Waals surface area contributed by atoms with Gasteiger partial charge in [0.25, 0.3) is 0 Å². The zero-order valence-electron chi connectivity index (χ0n) is 8.93. The summed E-state index contributed by atoms with van der Waals surface area (Å²) in [6, 6.07) is 5.80. The van der Waals surface area contributed by atoms with Crippen molar-refractivity contribution in [3.63, 3.8) is 0 Å². The van der Waals surface area contributed by atoms with Gasteiger partial charge < -0.3 is 9.84 Å². The number of aromatic carboxylic acids is 1. The first-order chi connectivity index (χ1) is 8.58. The van der Waals surface area contributed by atoms with Crippen molar-refractivity contribution in [1.82, 2.24) is 4.98 Å². The van der Waals surface area contributed by atoms with Crippen LogP contribution in [0.25, 0.3) is 0 Å². The van der Waals surface area contributed by atoms with Crippen LogP contribution in [-0.4, -0.2) is 16.1 Å². The van der Waals surface area contributed by atoms with Crippen LogP contribution in [0.15, 0.2) is 36.7 Å². The highest BCUT2D eigenvalue weighted by atomic mass is 35.5. The van der Waals surface area contributed by atoms with Gasteiger partial charge in [-0.25, -0.2) is 4.79 Å². The molecule has 18 heavy (non-hydrogen) atoms. The number of hydrogen-bond donors (Lipinski definition) is 1. The molecule has 1 aromatic heterocycles. The molecule has 0 unspecified atom stereocenters. The summed E-state index contributed by atoms with van der Waals surface area (Å²) in [5.74, 6) is -0.661. The van der Waals surface area contributed by atoms with E-state index in [4.69, 9.17) is 33.0 Å². The van der Waals surface area contributed by atoms with Gasteiger partial charge in [0.2, 0.25) is 0 Å². The van der Waals surface area contributed by atoms with Crippen molar-refractivity contribution in [3.05, 3.63) is 52.3 Å². The molecule has 0 atom stereocenters. The van der Waals surface area contributed by atoms with Crippen molar-refractivity contribution in [2.24, 2.45) is 0 Å². The molecule has 6 heteroatoms. The standard InChI is InChI=1S/C12H7Cl2NO3/c13-7-1-2-8(12(16)17)11(5-7)18-10-3-4-15-6-9(10)14/h1-6H,(H,16,17). The van der Waals surface area contributed by atoms with Crippen LogP contribution in [-0.2, 0) is 0 Å². The second-order valence-corrected chi connectivity index (χ2v) is 4.20. The number of aromatic nitrogens is 1. The molecule has 2 rings (SSSR count). The van der Waals surface area contributed by atoms with Crippen molar-refractivity contribution < 1.29 is 14.6 Å². The first-order valence-electron chi connectivity index (χ1n) is 4.88. The minimum atomic E-state index is -1.10. The average molecular weight is 284 g/mol. The molecule has 0 aliphatic rings. The SMILES string of the molecule is O=C(O)c1ccc(Cl)cc1Oc1ccncc1Cl. The summed E-state index contributed by atoms with van der Waals surface area (Å²) in [6.45, 7) is 0. The van der Waals surface area contributed by atoms with Gasteiger partial charge in [0.05, 0.1) is 0 Å². The summed E-state index contributed by atoms with van der Waals surface area (Å²) >= 11 is 11.7. The van der Waals surface area contributed by atoms with Gasteiger partial charge in [-0.05, 0) is 12.1 Å². The Labute approximate surface area is 113 Å². The molecule has 4 nitrogen and oxygen atoms in total. The Hall–Kier alpha value is -1.78. The Balaban J connectivity index is 2.42. The molecule has 0 aliphatic heterocycles. The van der Waals surface area contributed by atoms with E-state index in [1.54, 1.807) is 0 Å². The van der Waals surface area contributed by atoms with Crippen LogP contribution >= 0.6 is 23.2 Å². The number of benzene rings is 1. The summed E-state index contributed by atoms with van der Waals surface area (Å²) in [4.78, 5) is 14.8. The van der Waals surface area contributed by atoms with Gasteiger partial charge in [0.1, 0.15) is 22.1 Å². The van der Waals surface area contributed by atoms with E-state index in [2.05, 4.69) is 4.98 Å². The van der Waals surface area contributed by atoms with Crippen LogP contribution in [0.3, 0.4) is 0 Å². The third-order valence-electron chi connectivity index (χ3n) is 2.13. The molecule has 1 heterocycles. The molecule has 92 valence electrons.